The third kappa shape index (κ3) is 6.17. The molecule has 0 atom stereocenters. The van der Waals surface area contributed by atoms with Gasteiger partial charge in [-0.05, 0) is 37.5 Å². The number of hydrogen-bond acceptors (Lipinski definition) is 6. The maximum Gasteiger partial charge on any atom is 0.279 e. The monoisotopic (exact) mass is 382 g/mol. The van der Waals surface area contributed by atoms with Gasteiger partial charge in [-0.3, -0.25) is 4.79 Å². The van der Waals surface area contributed by atoms with Gasteiger partial charge in [-0.25, -0.2) is 4.98 Å². The molecule has 1 heterocycles. The van der Waals surface area contributed by atoms with Crippen LogP contribution in [-0.4, -0.2) is 22.2 Å². The minimum absolute atomic E-state index is 0.0846. The van der Waals surface area contributed by atoms with E-state index in [4.69, 9.17) is 20.5 Å². The molecule has 1 aromatic heterocycles. The molecule has 0 unspecified atom stereocenters. The largest absolute Gasteiger partial charge is 0.491 e. The van der Waals surface area contributed by atoms with Crippen LogP contribution >= 0.6 is 11.8 Å². The Morgan fingerprint density at radius 3 is 2.70 bits per heavy atom. The number of ether oxygens (including phenoxy) is 2. The standard InChI is InChI=1S/C19H18N4O3S/c1-4-27-19(21)23-18(24)14-7-15(25-12(2)3)9-16(8-14)26-17-6-5-13(10-20)11-22-17/h4-9,11-12H,1H2,2-3H3,(H2,21,23,24). The molecule has 1 aromatic carbocycles. The van der Waals surface area contributed by atoms with Crippen molar-refractivity contribution in [1.82, 2.24) is 4.98 Å². The van der Waals surface area contributed by atoms with Gasteiger partial charge in [-0.2, -0.15) is 10.3 Å². The summed E-state index contributed by atoms with van der Waals surface area (Å²) in [5, 5.41) is 10.4. The van der Waals surface area contributed by atoms with Crippen molar-refractivity contribution in [2.75, 3.05) is 0 Å². The second kappa shape index (κ2) is 9.40. The Morgan fingerprint density at radius 2 is 2.11 bits per heavy atom. The third-order valence-electron chi connectivity index (χ3n) is 3.00. The fourth-order valence-corrected chi connectivity index (χ4v) is 2.30. The van der Waals surface area contributed by atoms with Crippen molar-refractivity contribution in [3.05, 3.63) is 59.6 Å². The summed E-state index contributed by atoms with van der Waals surface area (Å²) in [4.78, 5) is 20.2. The zero-order valence-corrected chi connectivity index (χ0v) is 15.7. The summed E-state index contributed by atoms with van der Waals surface area (Å²) in [6, 6.07) is 9.86. The molecule has 27 heavy (non-hydrogen) atoms. The molecule has 0 aliphatic rings. The summed E-state index contributed by atoms with van der Waals surface area (Å²) in [5.74, 6) is 0.538. The summed E-state index contributed by atoms with van der Waals surface area (Å²) >= 11 is 1.05. The van der Waals surface area contributed by atoms with Gasteiger partial charge in [0, 0.05) is 23.9 Å². The van der Waals surface area contributed by atoms with Gasteiger partial charge in [0.05, 0.1) is 11.7 Å². The Labute approximate surface area is 161 Å². The topological polar surface area (TPSA) is 111 Å². The smallest absolute Gasteiger partial charge is 0.279 e. The number of benzene rings is 1. The van der Waals surface area contributed by atoms with E-state index in [1.54, 1.807) is 24.3 Å². The Balaban J connectivity index is 2.35. The first kappa shape index (κ1) is 20.0. The number of nitriles is 1. The molecule has 0 spiro atoms. The van der Waals surface area contributed by atoms with E-state index in [1.807, 2.05) is 19.9 Å². The van der Waals surface area contributed by atoms with Gasteiger partial charge in [0.2, 0.25) is 5.88 Å². The molecule has 138 valence electrons. The van der Waals surface area contributed by atoms with Crippen LogP contribution in [-0.2, 0) is 0 Å². The summed E-state index contributed by atoms with van der Waals surface area (Å²) < 4.78 is 11.4. The van der Waals surface area contributed by atoms with Crippen molar-refractivity contribution in [3.63, 3.8) is 0 Å². The first-order valence-electron chi connectivity index (χ1n) is 7.93. The average molecular weight is 382 g/mol. The Kier molecular flexibility index (Phi) is 6.97. The molecule has 7 nitrogen and oxygen atoms in total. The van der Waals surface area contributed by atoms with E-state index >= 15 is 0 Å². The molecule has 2 N–H and O–H groups in total. The molecule has 0 bridgehead atoms. The van der Waals surface area contributed by atoms with Crippen LogP contribution in [0.4, 0.5) is 0 Å². The zero-order chi connectivity index (χ0) is 19.8. The molecule has 2 rings (SSSR count). The average Bonchev–Trinajstić information content (AvgIpc) is 2.61. The van der Waals surface area contributed by atoms with Gasteiger partial charge in [-0.1, -0.05) is 18.3 Å². The lowest BCUT2D eigenvalue weighted by atomic mass is 10.2. The highest BCUT2D eigenvalue weighted by atomic mass is 32.2. The summed E-state index contributed by atoms with van der Waals surface area (Å²) in [7, 11) is 0. The van der Waals surface area contributed by atoms with Crippen LogP contribution in [0.25, 0.3) is 0 Å². The first-order chi connectivity index (χ1) is 12.9. The highest BCUT2D eigenvalue weighted by Crippen LogP contribution is 2.28. The minimum Gasteiger partial charge on any atom is -0.491 e. The number of carbonyl (C=O) groups is 1. The molecule has 0 saturated carbocycles. The maximum absolute atomic E-state index is 12.4. The van der Waals surface area contributed by atoms with Gasteiger partial charge < -0.3 is 15.2 Å². The normalized spacial score (nSPS) is 11.0. The van der Waals surface area contributed by atoms with E-state index in [1.165, 1.54) is 17.7 Å². The third-order valence-corrected chi connectivity index (χ3v) is 3.50. The molecule has 8 heteroatoms. The van der Waals surface area contributed by atoms with Crippen molar-refractivity contribution < 1.29 is 14.3 Å². The summed E-state index contributed by atoms with van der Waals surface area (Å²) in [5.41, 5.74) is 6.32. The molecule has 0 aliphatic heterocycles. The van der Waals surface area contributed by atoms with Gasteiger partial charge in [0.25, 0.3) is 5.91 Å². The van der Waals surface area contributed by atoms with Crippen LogP contribution in [0.2, 0.25) is 0 Å². The lowest BCUT2D eigenvalue weighted by Gasteiger charge is -2.13. The summed E-state index contributed by atoms with van der Waals surface area (Å²) in [6.07, 6.45) is 1.30. The molecular weight excluding hydrogens is 364 g/mol. The van der Waals surface area contributed by atoms with Crippen LogP contribution in [0.1, 0.15) is 29.8 Å². The second-order valence-electron chi connectivity index (χ2n) is 5.50. The number of nitrogens with zero attached hydrogens (tertiary/aromatic N) is 3. The van der Waals surface area contributed by atoms with Gasteiger partial charge >= 0.3 is 0 Å². The van der Waals surface area contributed by atoms with Crippen molar-refractivity contribution in [2.24, 2.45) is 10.7 Å². The molecule has 1 amide bonds. The Bertz CT molecular complexity index is 902. The van der Waals surface area contributed by atoms with Crippen LogP contribution in [0, 0.1) is 11.3 Å². The molecule has 0 fully saturated rings. The lowest BCUT2D eigenvalue weighted by Crippen LogP contribution is -2.10. The van der Waals surface area contributed by atoms with E-state index in [0.29, 0.717) is 17.1 Å². The van der Waals surface area contributed by atoms with Gasteiger partial charge in [0.1, 0.15) is 17.6 Å². The van der Waals surface area contributed by atoms with E-state index in [-0.39, 0.29) is 22.7 Å². The number of nitrogens with two attached hydrogens (primary N) is 1. The fourth-order valence-electron chi connectivity index (χ4n) is 2.00. The number of aliphatic imine (C=N–C) groups is 1. The SMILES string of the molecule is C=CSC(N)=NC(=O)c1cc(Oc2ccc(C#N)cn2)cc(OC(C)C)c1. The molecule has 0 saturated heterocycles. The highest BCUT2D eigenvalue weighted by Gasteiger charge is 2.12. The number of aromatic nitrogens is 1. The van der Waals surface area contributed by atoms with Crippen molar-refractivity contribution in [2.45, 2.75) is 20.0 Å². The van der Waals surface area contributed by atoms with Crippen LogP contribution < -0.4 is 15.2 Å². The predicted molar refractivity (Wildman–Crippen MR) is 105 cm³/mol. The second-order valence-corrected chi connectivity index (χ2v) is 6.49. The van der Waals surface area contributed by atoms with E-state index in [9.17, 15) is 4.79 Å². The van der Waals surface area contributed by atoms with Crippen molar-refractivity contribution >= 4 is 22.8 Å². The number of amidine groups is 1. The zero-order valence-electron chi connectivity index (χ0n) is 14.9. The minimum atomic E-state index is -0.534. The molecule has 0 radical (unpaired) electrons. The number of amides is 1. The summed E-state index contributed by atoms with van der Waals surface area (Å²) in [6.45, 7) is 7.26. The maximum atomic E-state index is 12.4. The van der Waals surface area contributed by atoms with Crippen LogP contribution in [0.3, 0.4) is 0 Å². The molecular formula is C19H18N4O3S. The van der Waals surface area contributed by atoms with Crippen molar-refractivity contribution in [1.29, 1.82) is 5.26 Å². The van der Waals surface area contributed by atoms with Crippen molar-refractivity contribution in [3.8, 4) is 23.4 Å². The first-order valence-corrected chi connectivity index (χ1v) is 8.81. The number of pyridine rings is 1. The van der Waals surface area contributed by atoms with E-state index < -0.39 is 5.91 Å². The fraction of sp³-hybridized carbons (Fsp3) is 0.158. The predicted octanol–water partition coefficient (Wildman–Crippen LogP) is 3.86. The number of thioether (sulfide) groups is 1. The number of hydrogen-bond donors (Lipinski definition) is 1. The van der Waals surface area contributed by atoms with Crippen LogP contribution in [0.15, 0.2) is 53.5 Å². The van der Waals surface area contributed by atoms with Crippen LogP contribution in [0.5, 0.6) is 17.4 Å². The quantitative estimate of drug-likeness (QED) is 0.596. The Morgan fingerprint density at radius 1 is 1.37 bits per heavy atom. The lowest BCUT2D eigenvalue weighted by molar-refractivity contribution is 0.100. The van der Waals surface area contributed by atoms with E-state index in [2.05, 4.69) is 16.6 Å². The number of carbonyl (C=O) groups excluding carboxylic acids is 1. The van der Waals surface area contributed by atoms with E-state index in [0.717, 1.165) is 11.8 Å². The van der Waals surface area contributed by atoms with Gasteiger partial charge in [-0.15, -0.1) is 0 Å². The highest BCUT2D eigenvalue weighted by molar-refractivity contribution is 8.16. The Hall–Kier alpha value is -3.31. The number of rotatable bonds is 6. The molecule has 0 aliphatic carbocycles. The van der Waals surface area contributed by atoms with Gasteiger partial charge in [0.15, 0.2) is 5.17 Å². The molecule has 2 aromatic rings.